The zero-order valence-electron chi connectivity index (χ0n) is 17.5. The zero-order valence-corrected chi connectivity index (χ0v) is 17.5. The van der Waals surface area contributed by atoms with Crippen molar-refractivity contribution in [3.05, 3.63) is 47.7 Å². The fourth-order valence-corrected chi connectivity index (χ4v) is 5.09. The summed E-state index contributed by atoms with van der Waals surface area (Å²) in [6.45, 7) is 10.1. The Morgan fingerprint density at radius 1 is 1.14 bits per heavy atom. The molecule has 0 bridgehead atoms. The van der Waals surface area contributed by atoms with Gasteiger partial charge in [0, 0.05) is 45.0 Å². The van der Waals surface area contributed by atoms with Gasteiger partial charge in [-0.25, -0.2) is 4.98 Å². The van der Waals surface area contributed by atoms with Gasteiger partial charge in [-0.05, 0) is 49.6 Å². The molecule has 2 fully saturated rings. The van der Waals surface area contributed by atoms with E-state index in [2.05, 4.69) is 63.4 Å². The van der Waals surface area contributed by atoms with Crippen LogP contribution in [0.15, 0.2) is 36.4 Å². The van der Waals surface area contributed by atoms with Crippen LogP contribution in [-0.2, 0) is 0 Å². The summed E-state index contributed by atoms with van der Waals surface area (Å²) in [4.78, 5) is 14.3. The van der Waals surface area contributed by atoms with Gasteiger partial charge in [0.2, 0.25) is 5.95 Å². The topological polar surface area (TPSA) is 44.3 Å². The second-order valence-corrected chi connectivity index (χ2v) is 8.57. The molecule has 0 radical (unpaired) electrons. The van der Waals surface area contributed by atoms with Crippen LogP contribution < -0.4 is 10.2 Å². The zero-order chi connectivity index (χ0) is 19.6. The lowest BCUT2D eigenvalue weighted by molar-refractivity contribution is 0.0543. The van der Waals surface area contributed by atoms with Crippen molar-refractivity contribution in [2.24, 2.45) is 5.41 Å². The Morgan fingerprint density at radius 2 is 1.89 bits per heavy atom. The van der Waals surface area contributed by atoms with Gasteiger partial charge in [-0.2, -0.15) is 4.98 Å². The number of likely N-dealkylation sites (tertiary alicyclic amines) is 1. The van der Waals surface area contributed by atoms with E-state index in [1.54, 1.807) is 0 Å². The molecule has 2 aromatic rings. The fourth-order valence-electron chi connectivity index (χ4n) is 5.09. The Balaban J connectivity index is 1.49. The number of anilines is 2. The third kappa shape index (κ3) is 4.00. The van der Waals surface area contributed by atoms with Crippen molar-refractivity contribution < 1.29 is 0 Å². The van der Waals surface area contributed by atoms with Crippen LogP contribution in [0.5, 0.6) is 0 Å². The number of hydrogen-bond acceptors (Lipinski definition) is 5. The maximum Gasteiger partial charge on any atom is 0.224 e. The number of rotatable bonds is 4. The van der Waals surface area contributed by atoms with Gasteiger partial charge in [-0.15, -0.1) is 0 Å². The first-order valence-corrected chi connectivity index (χ1v) is 10.7. The molecule has 28 heavy (non-hydrogen) atoms. The number of hydrogen-bond donors (Lipinski definition) is 1. The molecule has 1 spiro atoms. The quantitative estimate of drug-likeness (QED) is 0.872. The molecule has 2 aliphatic heterocycles. The van der Waals surface area contributed by atoms with Gasteiger partial charge >= 0.3 is 0 Å². The van der Waals surface area contributed by atoms with E-state index in [1.807, 2.05) is 14.0 Å². The Morgan fingerprint density at radius 3 is 2.57 bits per heavy atom. The molecule has 5 heteroatoms. The highest BCUT2D eigenvalue weighted by Crippen LogP contribution is 2.45. The Hall–Kier alpha value is -2.14. The highest BCUT2D eigenvalue weighted by atomic mass is 15.2. The Bertz CT molecular complexity index is 783. The van der Waals surface area contributed by atoms with E-state index in [-0.39, 0.29) is 0 Å². The Kier molecular flexibility index (Phi) is 5.54. The van der Waals surface area contributed by atoms with E-state index in [9.17, 15) is 0 Å². The minimum absolute atomic E-state index is 0.430. The summed E-state index contributed by atoms with van der Waals surface area (Å²) < 4.78 is 0. The molecular weight excluding hydrogens is 346 g/mol. The average molecular weight is 380 g/mol. The van der Waals surface area contributed by atoms with Gasteiger partial charge < -0.3 is 15.1 Å². The maximum absolute atomic E-state index is 4.70. The monoisotopic (exact) mass is 379 g/mol. The molecule has 0 saturated carbocycles. The summed E-state index contributed by atoms with van der Waals surface area (Å²) in [5.41, 5.74) is 2.96. The second kappa shape index (κ2) is 8.08. The average Bonchev–Trinajstić information content (AvgIpc) is 2.74. The standard InChI is InChI=1S/C23H33N5/c1-4-27-16-20(19-8-6-5-7-9-19)15-23(17-27)10-12-28(13-11-23)21-14-18(2)25-22(24-3)26-21/h5-9,14,20H,4,10-13,15-17H2,1-3H3,(H,24,25,26)/t20-/m1/s1. The highest BCUT2D eigenvalue weighted by Gasteiger charge is 2.42. The summed E-state index contributed by atoms with van der Waals surface area (Å²) >= 11 is 0. The van der Waals surface area contributed by atoms with Crippen molar-refractivity contribution in [2.45, 2.75) is 39.0 Å². The van der Waals surface area contributed by atoms with Gasteiger partial charge in [0.25, 0.3) is 0 Å². The molecular formula is C23H33N5. The van der Waals surface area contributed by atoms with Crippen LogP contribution >= 0.6 is 0 Å². The van der Waals surface area contributed by atoms with Gasteiger partial charge in [-0.1, -0.05) is 37.3 Å². The van der Waals surface area contributed by atoms with E-state index in [0.717, 1.165) is 31.1 Å². The van der Waals surface area contributed by atoms with Crippen LogP contribution in [-0.4, -0.2) is 54.6 Å². The molecule has 1 aromatic carbocycles. The fraction of sp³-hybridized carbons (Fsp3) is 0.565. The van der Waals surface area contributed by atoms with Crippen molar-refractivity contribution in [3.63, 3.8) is 0 Å². The molecule has 0 amide bonds. The van der Waals surface area contributed by atoms with Crippen molar-refractivity contribution in [3.8, 4) is 0 Å². The summed E-state index contributed by atoms with van der Waals surface area (Å²) in [6, 6.07) is 13.2. The van der Waals surface area contributed by atoms with E-state index < -0.39 is 0 Å². The number of nitrogens with zero attached hydrogens (tertiary/aromatic N) is 4. The number of benzene rings is 1. The first-order valence-electron chi connectivity index (χ1n) is 10.7. The van der Waals surface area contributed by atoms with Crippen LogP contribution in [0, 0.1) is 12.3 Å². The van der Waals surface area contributed by atoms with Gasteiger partial charge in [0.05, 0.1) is 0 Å². The van der Waals surface area contributed by atoms with E-state index in [1.165, 1.54) is 37.9 Å². The Labute approximate surface area is 169 Å². The normalized spacial score (nSPS) is 22.4. The number of piperidine rings is 2. The van der Waals surface area contributed by atoms with E-state index >= 15 is 0 Å². The SMILES string of the molecule is CCN1C[C@H](c2ccccc2)CC2(CCN(c3cc(C)nc(NC)n3)CC2)C1. The molecule has 2 aliphatic rings. The van der Waals surface area contributed by atoms with Gasteiger partial charge in [0.1, 0.15) is 5.82 Å². The van der Waals surface area contributed by atoms with Crippen molar-refractivity contribution >= 4 is 11.8 Å². The molecule has 1 aromatic heterocycles. The molecule has 5 nitrogen and oxygen atoms in total. The number of aromatic nitrogens is 2. The largest absolute Gasteiger partial charge is 0.357 e. The van der Waals surface area contributed by atoms with Crippen LogP contribution in [0.1, 0.15) is 43.4 Å². The van der Waals surface area contributed by atoms with E-state index in [4.69, 9.17) is 4.98 Å². The molecule has 0 unspecified atom stereocenters. The first kappa shape index (κ1) is 19.2. The lowest BCUT2D eigenvalue weighted by Gasteiger charge is -2.50. The smallest absolute Gasteiger partial charge is 0.224 e. The molecule has 1 N–H and O–H groups in total. The van der Waals surface area contributed by atoms with Crippen LogP contribution in [0.2, 0.25) is 0 Å². The summed E-state index contributed by atoms with van der Waals surface area (Å²) in [5.74, 6) is 2.43. The lowest BCUT2D eigenvalue weighted by atomic mass is 9.68. The van der Waals surface area contributed by atoms with Crippen molar-refractivity contribution in [1.82, 2.24) is 14.9 Å². The number of likely N-dealkylation sites (N-methyl/N-ethyl adjacent to an activating group) is 1. The molecule has 0 aliphatic carbocycles. The second-order valence-electron chi connectivity index (χ2n) is 8.57. The molecule has 3 heterocycles. The van der Waals surface area contributed by atoms with E-state index in [0.29, 0.717) is 17.3 Å². The number of aryl methyl sites for hydroxylation is 1. The molecule has 1 atom stereocenters. The molecule has 150 valence electrons. The summed E-state index contributed by atoms with van der Waals surface area (Å²) in [7, 11) is 1.88. The number of nitrogens with one attached hydrogen (secondary N) is 1. The minimum atomic E-state index is 0.430. The molecule has 2 saturated heterocycles. The predicted octanol–water partition coefficient (Wildman–Crippen LogP) is 3.92. The van der Waals surface area contributed by atoms with Gasteiger partial charge in [0.15, 0.2) is 0 Å². The third-order valence-electron chi connectivity index (χ3n) is 6.65. The molecule has 4 rings (SSSR count). The highest BCUT2D eigenvalue weighted by molar-refractivity contribution is 5.45. The van der Waals surface area contributed by atoms with Crippen molar-refractivity contribution in [2.75, 3.05) is 50.0 Å². The van der Waals surface area contributed by atoms with Crippen LogP contribution in [0.25, 0.3) is 0 Å². The summed E-state index contributed by atoms with van der Waals surface area (Å²) in [6.07, 6.45) is 3.79. The minimum Gasteiger partial charge on any atom is -0.357 e. The predicted molar refractivity (Wildman–Crippen MR) is 116 cm³/mol. The van der Waals surface area contributed by atoms with Crippen molar-refractivity contribution in [1.29, 1.82) is 0 Å². The maximum atomic E-state index is 4.70. The van der Waals surface area contributed by atoms with Crippen LogP contribution in [0.4, 0.5) is 11.8 Å². The first-order chi connectivity index (χ1) is 13.6. The lowest BCUT2D eigenvalue weighted by Crippen LogP contribution is -2.51. The third-order valence-corrected chi connectivity index (χ3v) is 6.65. The van der Waals surface area contributed by atoms with Crippen LogP contribution in [0.3, 0.4) is 0 Å². The van der Waals surface area contributed by atoms with Gasteiger partial charge in [-0.3, -0.25) is 0 Å². The summed E-state index contributed by atoms with van der Waals surface area (Å²) in [5, 5.41) is 3.09.